The Bertz CT molecular complexity index is 594. The van der Waals surface area contributed by atoms with Gasteiger partial charge in [0.2, 0.25) is 5.82 Å². The van der Waals surface area contributed by atoms with Gasteiger partial charge in [0, 0.05) is 18.4 Å². The highest BCUT2D eigenvalue weighted by Crippen LogP contribution is 2.16. The summed E-state index contributed by atoms with van der Waals surface area (Å²) in [5.74, 6) is 0.475. The summed E-state index contributed by atoms with van der Waals surface area (Å²) in [4.78, 5) is 4.18. The number of ether oxygens (including phenoxy) is 2. The summed E-state index contributed by atoms with van der Waals surface area (Å²) in [6.45, 7) is 0.900. The van der Waals surface area contributed by atoms with Crippen LogP contribution in [0.15, 0.2) is 18.3 Å². The Morgan fingerprint density at radius 1 is 1.48 bits per heavy atom. The molecule has 0 bridgehead atoms. The number of nitrogens with zero attached hydrogens (tertiary/aromatic N) is 4. The molecule has 3 rings (SSSR count). The molecule has 1 unspecified atom stereocenters. The molecule has 21 heavy (non-hydrogen) atoms. The normalized spacial score (nSPS) is 18.6. The van der Waals surface area contributed by atoms with Gasteiger partial charge in [0.25, 0.3) is 0 Å². The minimum atomic E-state index is -0.209. The number of H-pyrrole nitrogens is 1. The lowest BCUT2D eigenvalue weighted by Gasteiger charge is -2.22. The molecule has 1 atom stereocenters. The molecule has 2 N–H and O–H groups in total. The minimum Gasteiger partial charge on any atom is -0.353 e. The van der Waals surface area contributed by atoms with Crippen LogP contribution >= 0.6 is 0 Å². The SMILES string of the molecule is N=C(COC1CCCCO1)c1cc(-c2nn[nH]n2)ccn1. The van der Waals surface area contributed by atoms with E-state index >= 15 is 0 Å². The van der Waals surface area contributed by atoms with Crippen LogP contribution in [0.25, 0.3) is 11.4 Å². The number of pyridine rings is 1. The lowest BCUT2D eigenvalue weighted by Crippen LogP contribution is -2.25. The number of aromatic nitrogens is 5. The first kappa shape index (κ1) is 13.8. The molecule has 1 saturated heterocycles. The predicted octanol–water partition coefficient (Wildman–Crippen LogP) is 1.17. The maximum absolute atomic E-state index is 8.06. The van der Waals surface area contributed by atoms with Crippen molar-refractivity contribution in [2.24, 2.45) is 0 Å². The Balaban J connectivity index is 1.63. The number of tetrazole rings is 1. The van der Waals surface area contributed by atoms with Gasteiger partial charge in [-0.2, -0.15) is 5.21 Å². The zero-order valence-corrected chi connectivity index (χ0v) is 11.5. The molecular weight excluding hydrogens is 272 g/mol. The third-order valence-corrected chi connectivity index (χ3v) is 3.22. The van der Waals surface area contributed by atoms with E-state index in [1.54, 1.807) is 18.3 Å². The molecular formula is C13H16N6O2. The third-order valence-electron chi connectivity index (χ3n) is 3.22. The average molecular weight is 288 g/mol. The van der Waals surface area contributed by atoms with Crippen LogP contribution < -0.4 is 0 Å². The lowest BCUT2D eigenvalue weighted by atomic mass is 10.1. The third kappa shape index (κ3) is 3.47. The van der Waals surface area contributed by atoms with Gasteiger partial charge < -0.3 is 14.9 Å². The Hall–Kier alpha value is -2.19. The van der Waals surface area contributed by atoms with E-state index in [1.807, 2.05) is 0 Å². The minimum absolute atomic E-state index is 0.174. The molecule has 0 saturated carbocycles. The van der Waals surface area contributed by atoms with Crippen molar-refractivity contribution >= 4 is 5.71 Å². The number of hydrogen-bond acceptors (Lipinski definition) is 7. The largest absolute Gasteiger partial charge is 0.353 e. The first-order valence-corrected chi connectivity index (χ1v) is 6.84. The molecule has 0 radical (unpaired) electrons. The highest BCUT2D eigenvalue weighted by Gasteiger charge is 2.16. The van der Waals surface area contributed by atoms with Gasteiger partial charge in [0.15, 0.2) is 6.29 Å². The Kier molecular flexibility index (Phi) is 4.27. The van der Waals surface area contributed by atoms with Crippen molar-refractivity contribution in [3.63, 3.8) is 0 Å². The fourth-order valence-electron chi connectivity index (χ4n) is 2.11. The van der Waals surface area contributed by atoms with E-state index in [1.165, 1.54) is 0 Å². The van der Waals surface area contributed by atoms with Gasteiger partial charge in [-0.3, -0.25) is 4.98 Å². The Morgan fingerprint density at radius 2 is 2.43 bits per heavy atom. The van der Waals surface area contributed by atoms with E-state index in [4.69, 9.17) is 14.9 Å². The smallest absolute Gasteiger partial charge is 0.204 e. The molecule has 0 spiro atoms. The summed E-state index contributed by atoms with van der Waals surface area (Å²) in [6, 6.07) is 3.52. The second-order valence-electron chi connectivity index (χ2n) is 4.75. The second kappa shape index (κ2) is 6.51. The first-order chi connectivity index (χ1) is 10.3. The average Bonchev–Trinajstić information content (AvgIpc) is 3.08. The van der Waals surface area contributed by atoms with Gasteiger partial charge in [0.1, 0.15) is 0 Å². The van der Waals surface area contributed by atoms with Gasteiger partial charge in [0.05, 0.1) is 18.0 Å². The van der Waals surface area contributed by atoms with Crippen molar-refractivity contribution in [1.82, 2.24) is 25.6 Å². The number of aromatic amines is 1. The van der Waals surface area contributed by atoms with Crippen LogP contribution in [0.5, 0.6) is 0 Å². The molecule has 8 heteroatoms. The van der Waals surface area contributed by atoms with E-state index in [9.17, 15) is 0 Å². The summed E-state index contributed by atoms with van der Waals surface area (Å²) in [5, 5.41) is 21.8. The molecule has 1 aliphatic rings. The topological polar surface area (TPSA) is 110 Å². The van der Waals surface area contributed by atoms with E-state index in [0.29, 0.717) is 17.2 Å². The van der Waals surface area contributed by atoms with E-state index in [-0.39, 0.29) is 12.9 Å². The van der Waals surface area contributed by atoms with Crippen molar-refractivity contribution < 1.29 is 9.47 Å². The van der Waals surface area contributed by atoms with E-state index < -0.39 is 0 Å². The van der Waals surface area contributed by atoms with Crippen LogP contribution in [0, 0.1) is 5.41 Å². The van der Waals surface area contributed by atoms with Gasteiger partial charge >= 0.3 is 0 Å². The zero-order valence-electron chi connectivity index (χ0n) is 11.5. The summed E-state index contributed by atoms with van der Waals surface area (Å²) in [5.41, 5.74) is 1.59. The Morgan fingerprint density at radius 3 is 3.19 bits per heavy atom. The predicted molar refractivity (Wildman–Crippen MR) is 73.8 cm³/mol. The van der Waals surface area contributed by atoms with Crippen LogP contribution in [0.3, 0.4) is 0 Å². The number of hydrogen-bond donors (Lipinski definition) is 2. The molecule has 1 aliphatic heterocycles. The summed E-state index contributed by atoms with van der Waals surface area (Å²) >= 11 is 0. The molecule has 0 aliphatic carbocycles. The quantitative estimate of drug-likeness (QED) is 0.799. The van der Waals surface area contributed by atoms with Crippen molar-refractivity contribution in [3.05, 3.63) is 24.0 Å². The maximum atomic E-state index is 8.06. The van der Waals surface area contributed by atoms with Gasteiger partial charge in [-0.15, -0.1) is 10.2 Å². The summed E-state index contributed by atoms with van der Waals surface area (Å²) < 4.78 is 11.1. The Labute approximate surface area is 121 Å². The van der Waals surface area contributed by atoms with E-state index in [2.05, 4.69) is 25.6 Å². The van der Waals surface area contributed by atoms with E-state index in [0.717, 1.165) is 31.4 Å². The van der Waals surface area contributed by atoms with Crippen molar-refractivity contribution in [1.29, 1.82) is 5.41 Å². The first-order valence-electron chi connectivity index (χ1n) is 6.84. The molecule has 0 aromatic carbocycles. The molecule has 3 heterocycles. The standard InChI is InChI=1S/C13H16N6O2/c14-10(8-21-12-3-1-2-6-20-12)11-7-9(4-5-15-11)13-16-18-19-17-13/h4-5,7,12,14H,1-3,6,8H2,(H,16,17,18,19). The number of rotatable bonds is 5. The zero-order chi connectivity index (χ0) is 14.5. The summed E-state index contributed by atoms with van der Waals surface area (Å²) in [6.07, 6.45) is 4.46. The van der Waals surface area contributed by atoms with Crippen LogP contribution in [-0.2, 0) is 9.47 Å². The molecule has 2 aromatic heterocycles. The molecule has 1 fully saturated rings. The fourth-order valence-corrected chi connectivity index (χ4v) is 2.11. The van der Waals surface area contributed by atoms with Gasteiger partial charge in [-0.1, -0.05) is 0 Å². The summed E-state index contributed by atoms with van der Waals surface area (Å²) in [7, 11) is 0. The lowest BCUT2D eigenvalue weighted by molar-refractivity contribution is -0.152. The molecule has 110 valence electrons. The van der Waals surface area contributed by atoms with Crippen molar-refractivity contribution in [3.8, 4) is 11.4 Å². The molecule has 8 nitrogen and oxygen atoms in total. The highest BCUT2D eigenvalue weighted by atomic mass is 16.7. The second-order valence-corrected chi connectivity index (χ2v) is 4.75. The maximum Gasteiger partial charge on any atom is 0.204 e. The fraction of sp³-hybridized carbons (Fsp3) is 0.462. The van der Waals surface area contributed by atoms with Crippen molar-refractivity contribution in [2.45, 2.75) is 25.6 Å². The monoisotopic (exact) mass is 288 g/mol. The van der Waals surface area contributed by atoms with Crippen LogP contribution in [0.4, 0.5) is 0 Å². The number of nitrogens with one attached hydrogen (secondary N) is 2. The van der Waals surface area contributed by atoms with Crippen molar-refractivity contribution in [2.75, 3.05) is 13.2 Å². The highest BCUT2D eigenvalue weighted by molar-refractivity contribution is 5.98. The van der Waals surface area contributed by atoms with Crippen LogP contribution in [-0.4, -0.2) is 50.8 Å². The van der Waals surface area contributed by atoms with Crippen LogP contribution in [0.1, 0.15) is 25.0 Å². The van der Waals surface area contributed by atoms with Crippen LogP contribution in [0.2, 0.25) is 0 Å². The molecule has 2 aromatic rings. The molecule has 0 amide bonds. The van der Waals surface area contributed by atoms with Gasteiger partial charge in [-0.05, 0) is 36.6 Å². The van der Waals surface area contributed by atoms with Gasteiger partial charge in [-0.25, -0.2) is 0 Å².